The van der Waals surface area contributed by atoms with Gasteiger partial charge in [0.1, 0.15) is 0 Å². The van der Waals surface area contributed by atoms with E-state index in [1.807, 2.05) is 30.3 Å². The van der Waals surface area contributed by atoms with Crippen molar-refractivity contribution in [3.05, 3.63) is 71.4 Å². The summed E-state index contributed by atoms with van der Waals surface area (Å²) < 4.78 is 0. The maximum absolute atomic E-state index is 9.27. The lowest BCUT2D eigenvalue weighted by atomic mass is 10.1. The third-order valence-electron chi connectivity index (χ3n) is 3.45. The largest absolute Gasteiger partial charge is 0.396 e. The smallest absolute Gasteiger partial charge is 0.0472 e. The molecular weight excluding hydrogens is 246 g/mol. The number of fused-ring (bicyclic) bond motifs is 1. The number of H-pyrrole nitrogens is 1. The van der Waals surface area contributed by atoms with Crippen molar-refractivity contribution in [1.82, 2.24) is 4.98 Å². The van der Waals surface area contributed by atoms with E-state index >= 15 is 0 Å². The Morgan fingerprint density at radius 3 is 2.45 bits per heavy atom. The molecule has 100 valence electrons. The highest BCUT2D eigenvalue weighted by Crippen LogP contribution is 2.24. The minimum Gasteiger partial charge on any atom is -0.396 e. The molecule has 0 saturated heterocycles. The molecule has 2 aromatic carbocycles. The molecule has 0 saturated carbocycles. The van der Waals surface area contributed by atoms with Gasteiger partial charge in [0.2, 0.25) is 0 Å². The van der Waals surface area contributed by atoms with Gasteiger partial charge < -0.3 is 10.1 Å². The number of rotatable bonds is 4. The average Bonchev–Trinajstić information content (AvgIpc) is 2.85. The summed E-state index contributed by atoms with van der Waals surface area (Å²) in [7, 11) is 0. The number of hydrogen-bond acceptors (Lipinski definition) is 1. The Bertz CT molecular complexity index is 726. The zero-order chi connectivity index (χ0) is 13.8. The van der Waals surface area contributed by atoms with Crippen LogP contribution in [0.25, 0.3) is 23.1 Å². The fourth-order valence-corrected chi connectivity index (χ4v) is 2.49. The number of hydrogen-bond donors (Lipinski definition) is 2. The second-order valence-corrected chi connectivity index (χ2v) is 4.78. The van der Waals surface area contributed by atoms with Crippen molar-refractivity contribution in [2.45, 2.75) is 6.42 Å². The van der Waals surface area contributed by atoms with Gasteiger partial charge in [-0.25, -0.2) is 0 Å². The SMILES string of the molecule is OCCc1c(/C=C/c2ccccc2)[nH]c2ccccc12. The first-order valence-corrected chi connectivity index (χ1v) is 6.82. The monoisotopic (exact) mass is 263 g/mol. The Kier molecular flexibility index (Phi) is 3.66. The van der Waals surface area contributed by atoms with Crippen molar-refractivity contribution in [2.24, 2.45) is 0 Å². The van der Waals surface area contributed by atoms with Gasteiger partial charge in [-0.1, -0.05) is 54.6 Å². The number of benzene rings is 2. The maximum atomic E-state index is 9.27. The van der Waals surface area contributed by atoms with Crippen LogP contribution in [0.1, 0.15) is 16.8 Å². The number of nitrogens with one attached hydrogen (secondary N) is 1. The topological polar surface area (TPSA) is 36.0 Å². The number of aliphatic hydroxyl groups excluding tert-OH is 1. The van der Waals surface area contributed by atoms with Crippen molar-refractivity contribution in [2.75, 3.05) is 6.61 Å². The number of para-hydroxylation sites is 1. The molecule has 2 N–H and O–H groups in total. The third kappa shape index (κ3) is 2.51. The zero-order valence-electron chi connectivity index (χ0n) is 11.2. The summed E-state index contributed by atoms with van der Waals surface area (Å²) in [6.45, 7) is 0.161. The van der Waals surface area contributed by atoms with Crippen LogP contribution in [0.15, 0.2) is 54.6 Å². The van der Waals surface area contributed by atoms with E-state index in [1.54, 1.807) is 0 Å². The first-order chi connectivity index (χ1) is 9.88. The summed E-state index contributed by atoms with van der Waals surface area (Å²) in [5.41, 5.74) is 4.53. The van der Waals surface area contributed by atoms with Crippen LogP contribution in [0.5, 0.6) is 0 Å². The van der Waals surface area contributed by atoms with Gasteiger partial charge in [0, 0.05) is 23.2 Å². The average molecular weight is 263 g/mol. The van der Waals surface area contributed by atoms with Crippen molar-refractivity contribution in [3.8, 4) is 0 Å². The maximum Gasteiger partial charge on any atom is 0.0472 e. The van der Waals surface area contributed by atoms with E-state index in [0.29, 0.717) is 6.42 Å². The molecular formula is C18H17NO. The summed E-state index contributed by atoms with van der Waals surface area (Å²) >= 11 is 0. The van der Waals surface area contributed by atoms with Crippen LogP contribution in [0.4, 0.5) is 0 Å². The fraction of sp³-hybridized carbons (Fsp3) is 0.111. The third-order valence-corrected chi connectivity index (χ3v) is 3.45. The van der Waals surface area contributed by atoms with Gasteiger partial charge in [-0.2, -0.15) is 0 Å². The summed E-state index contributed by atoms with van der Waals surface area (Å²) in [5, 5.41) is 10.5. The fourth-order valence-electron chi connectivity index (χ4n) is 2.49. The lowest BCUT2D eigenvalue weighted by molar-refractivity contribution is 0.300. The van der Waals surface area contributed by atoms with Gasteiger partial charge in [-0.05, 0) is 29.7 Å². The first-order valence-electron chi connectivity index (χ1n) is 6.82. The van der Waals surface area contributed by atoms with E-state index in [4.69, 9.17) is 0 Å². The molecule has 0 bridgehead atoms. The summed E-state index contributed by atoms with van der Waals surface area (Å²) in [6.07, 6.45) is 4.84. The van der Waals surface area contributed by atoms with Crippen molar-refractivity contribution in [3.63, 3.8) is 0 Å². The van der Waals surface area contributed by atoms with Gasteiger partial charge >= 0.3 is 0 Å². The highest BCUT2D eigenvalue weighted by atomic mass is 16.2. The molecule has 0 aliphatic rings. The van der Waals surface area contributed by atoms with Crippen LogP contribution in [-0.4, -0.2) is 16.7 Å². The predicted octanol–water partition coefficient (Wildman–Crippen LogP) is 3.87. The van der Waals surface area contributed by atoms with Crippen molar-refractivity contribution < 1.29 is 5.11 Å². The minimum atomic E-state index is 0.161. The Labute approximate surface area is 118 Å². The summed E-state index contributed by atoms with van der Waals surface area (Å²) in [6, 6.07) is 18.4. The highest BCUT2D eigenvalue weighted by Gasteiger charge is 2.08. The molecule has 0 fully saturated rings. The Morgan fingerprint density at radius 2 is 1.65 bits per heavy atom. The van der Waals surface area contributed by atoms with E-state index < -0.39 is 0 Å². The van der Waals surface area contributed by atoms with Crippen molar-refractivity contribution in [1.29, 1.82) is 0 Å². The molecule has 0 radical (unpaired) electrons. The van der Waals surface area contributed by atoms with Gasteiger partial charge in [0.15, 0.2) is 0 Å². The molecule has 1 heterocycles. The molecule has 2 heteroatoms. The summed E-state index contributed by atoms with van der Waals surface area (Å²) in [5.74, 6) is 0. The van der Waals surface area contributed by atoms with E-state index in [0.717, 1.165) is 11.2 Å². The van der Waals surface area contributed by atoms with E-state index in [1.165, 1.54) is 16.5 Å². The number of aromatic nitrogens is 1. The first kappa shape index (κ1) is 12.7. The minimum absolute atomic E-state index is 0.161. The normalized spacial score (nSPS) is 11.4. The molecule has 0 aliphatic heterocycles. The number of aromatic amines is 1. The van der Waals surface area contributed by atoms with Crippen LogP contribution in [-0.2, 0) is 6.42 Å². The second-order valence-electron chi connectivity index (χ2n) is 4.78. The van der Waals surface area contributed by atoms with E-state index in [9.17, 15) is 5.11 Å². The van der Waals surface area contributed by atoms with Crippen LogP contribution in [0.3, 0.4) is 0 Å². The van der Waals surface area contributed by atoms with Crippen LogP contribution in [0, 0.1) is 0 Å². The predicted molar refractivity (Wildman–Crippen MR) is 84.5 cm³/mol. The van der Waals surface area contributed by atoms with Gasteiger partial charge in [-0.15, -0.1) is 0 Å². The van der Waals surface area contributed by atoms with Crippen LogP contribution >= 0.6 is 0 Å². The molecule has 0 spiro atoms. The van der Waals surface area contributed by atoms with Gasteiger partial charge in [0.25, 0.3) is 0 Å². The van der Waals surface area contributed by atoms with Crippen LogP contribution < -0.4 is 0 Å². The quantitative estimate of drug-likeness (QED) is 0.736. The zero-order valence-corrected chi connectivity index (χ0v) is 11.2. The summed E-state index contributed by atoms with van der Waals surface area (Å²) in [4.78, 5) is 3.42. The molecule has 2 nitrogen and oxygen atoms in total. The number of aliphatic hydroxyl groups is 1. The lowest BCUT2D eigenvalue weighted by Crippen LogP contribution is -1.91. The molecule has 1 aromatic heterocycles. The van der Waals surface area contributed by atoms with Crippen LogP contribution in [0.2, 0.25) is 0 Å². The Hall–Kier alpha value is -2.32. The molecule has 0 amide bonds. The lowest BCUT2D eigenvalue weighted by Gasteiger charge is -1.98. The molecule has 20 heavy (non-hydrogen) atoms. The van der Waals surface area contributed by atoms with Crippen molar-refractivity contribution >= 4 is 23.1 Å². The highest BCUT2D eigenvalue weighted by molar-refractivity contribution is 5.88. The molecule has 0 aliphatic carbocycles. The standard InChI is InChI=1S/C18H17NO/c20-13-12-16-15-8-4-5-9-17(15)19-18(16)11-10-14-6-2-1-3-7-14/h1-11,19-20H,12-13H2/b11-10+. The molecule has 0 unspecified atom stereocenters. The molecule has 3 aromatic rings. The van der Waals surface area contributed by atoms with Gasteiger partial charge in [0.05, 0.1) is 0 Å². The second kappa shape index (κ2) is 5.76. The van der Waals surface area contributed by atoms with E-state index in [-0.39, 0.29) is 6.61 Å². The van der Waals surface area contributed by atoms with E-state index in [2.05, 4.69) is 41.4 Å². The molecule has 3 rings (SSSR count). The molecule has 0 atom stereocenters. The Morgan fingerprint density at radius 1 is 0.900 bits per heavy atom. The Balaban J connectivity index is 2.02. The van der Waals surface area contributed by atoms with Gasteiger partial charge in [-0.3, -0.25) is 0 Å².